The van der Waals surface area contributed by atoms with Crippen LogP contribution in [-0.4, -0.2) is 39.1 Å². The van der Waals surface area contributed by atoms with Crippen LogP contribution in [0.1, 0.15) is 58.6 Å². The Kier molecular flexibility index (Phi) is 8.43. The fourth-order valence-electron chi connectivity index (χ4n) is 5.72. The van der Waals surface area contributed by atoms with E-state index in [-0.39, 0.29) is 24.7 Å². The molecule has 8 heteroatoms. The number of methoxy groups -OCH3 is 3. The highest BCUT2D eigenvalue weighted by Gasteiger charge is 2.41. The van der Waals surface area contributed by atoms with Crippen molar-refractivity contribution < 1.29 is 33.3 Å². The van der Waals surface area contributed by atoms with Crippen molar-refractivity contribution >= 4 is 17.7 Å². The van der Waals surface area contributed by atoms with Crippen LogP contribution in [0.15, 0.2) is 95.3 Å². The summed E-state index contributed by atoms with van der Waals surface area (Å²) in [5.41, 5.74) is 5.20. The van der Waals surface area contributed by atoms with E-state index in [0.29, 0.717) is 45.9 Å². The van der Waals surface area contributed by atoms with Gasteiger partial charge in [-0.2, -0.15) is 0 Å². The van der Waals surface area contributed by atoms with Crippen LogP contribution in [0, 0.1) is 0 Å². The van der Waals surface area contributed by atoms with Crippen molar-refractivity contribution in [2.45, 2.75) is 38.2 Å². The fourth-order valence-corrected chi connectivity index (χ4v) is 5.72. The van der Waals surface area contributed by atoms with E-state index in [0.717, 1.165) is 16.8 Å². The van der Waals surface area contributed by atoms with E-state index >= 15 is 0 Å². The van der Waals surface area contributed by atoms with E-state index in [1.165, 1.54) is 7.11 Å². The molecule has 0 spiro atoms. The van der Waals surface area contributed by atoms with Gasteiger partial charge < -0.3 is 24.3 Å². The van der Waals surface area contributed by atoms with E-state index in [1.807, 2.05) is 55.5 Å². The smallest absolute Gasteiger partial charge is 0.337 e. The second-order valence-electron chi connectivity index (χ2n) is 10.3. The molecule has 3 aromatic rings. The predicted molar refractivity (Wildman–Crippen MR) is 156 cm³/mol. The van der Waals surface area contributed by atoms with Gasteiger partial charge in [0.1, 0.15) is 6.61 Å². The molecule has 42 heavy (non-hydrogen) atoms. The number of ketones is 1. The van der Waals surface area contributed by atoms with Gasteiger partial charge in [-0.15, -0.1) is 0 Å². The molecule has 0 radical (unpaired) electrons. The molecule has 216 valence electrons. The Bertz CT molecular complexity index is 1570. The van der Waals surface area contributed by atoms with Gasteiger partial charge >= 0.3 is 11.9 Å². The van der Waals surface area contributed by atoms with Crippen molar-refractivity contribution in [3.05, 3.63) is 118 Å². The average molecular weight is 568 g/mol. The molecular formula is C34H33NO7. The highest BCUT2D eigenvalue weighted by atomic mass is 16.5. The van der Waals surface area contributed by atoms with Gasteiger partial charge in [0.15, 0.2) is 17.3 Å². The van der Waals surface area contributed by atoms with E-state index in [1.54, 1.807) is 38.5 Å². The van der Waals surface area contributed by atoms with Crippen LogP contribution < -0.4 is 14.8 Å². The molecule has 2 aliphatic rings. The Hall–Kier alpha value is -4.85. The lowest BCUT2D eigenvalue weighted by Crippen LogP contribution is -2.36. The van der Waals surface area contributed by atoms with Gasteiger partial charge in [0.05, 0.1) is 32.5 Å². The monoisotopic (exact) mass is 567 g/mol. The van der Waals surface area contributed by atoms with Crippen LogP contribution in [0.4, 0.5) is 0 Å². The topological polar surface area (TPSA) is 100 Å². The number of esters is 2. The van der Waals surface area contributed by atoms with Gasteiger partial charge in [0, 0.05) is 29.3 Å². The van der Waals surface area contributed by atoms with E-state index < -0.39 is 17.9 Å². The number of carbonyl (C=O) groups excluding carboxylic acids is 3. The molecule has 1 heterocycles. The minimum absolute atomic E-state index is 0.0635. The van der Waals surface area contributed by atoms with Gasteiger partial charge in [-0.05, 0) is 60.2 Å². The molecule has 0 amide bonds. The lowest BCUT2D eigenvalue weighted by atomic mass is 9.71. The number of carbonyl (C=O) groups is 3. The summed E-state index contributed by atoms with van der Waals surface area (Å²) in [5.74, 6) is -0.569. The van der Waals surface area contributed by atoms with Crippen molar-refractivity contribution in [2.75, 3.05) is 21.3 Å². The van der Waals surface area contributed by atoms with Crippen LogP contribution in [0.5, 0.6) is 11.5 Å². The number of nitrogens with one attached hydrogen (secondary N) is 1. The first kappa shape index (κ1) is 28.7. The number of benzene rings is 3. The van der Waals surface area contributed by atoms with E-state index in [9.17, 15) is 14.4 Å². The fraction of sp³-hybridized carbons (Fsp3) is 0.265. The van der Waals surface area contributed by atoms with Gasteiger partial charge in [0.2, 0.25) is 0 Å². The summed E-state index contributed by atoms with van der Waals surface area (Å²) >= 11 is 0. The quantitative estimate of drug-likeness (QED) is 0.352. The standard InChI is InChI=1S/C34H33NO7/c1-20-30(34(38)42-19-21-8-6-5-7-9-21)31(22-10-12-23(13-11-22)33(37)41-4)32-26(35-20)16-25(17-27(32)36)24-14-15-28(39-2)29(18-24)40-3/h5-15,18,25,31,35H,16-17,19H2,1-4H3. The van der Waals surface area contributed by atoms with E-state index in [2.05, 4.69) is 5.32 Å². The molecule has 0 saturated carbocycles. The Labute approximate surface area is 244 Å². The van der Waals surface area contributed by atoms with Crippen LogP contribution >= 0.6 is 0 Å². The van der Waals surface area contributed by atoms with Crippen LogP contribution in [0.2, 0.25) is 0 Å². The number of dihydropyridines is 1. The first-order chi connectivity index (χ1) is 20.3. The zero-order valence-corrected chi connectivity index (χ0v) is 24.1. The number of Topliss-reactive ketones (excluding diaryl/α,β-unsaturated/α-hetero) is 1. The number of allylic oxidation sites excluding steroid dienone is 3. The number of hydrogen-bond acceptors (Lipinski definition) is 8. The Morgan fingerprint density at radius 1 is 0.833 bits per heavy atom. The molecule has 3 aromatic carbocycles. The maximum atomic E-state index is 13.9. The van der Waals surface area contributed by atoms with Crippen LogP contribution in [0.25, 0.3) is 0 Å². The third-order valence-corrected chi connectivity index (χ3v) is 7.80. The lowest BCUT2D eigenvalue weighted by molar-refractivity contribution is -0.140. The van der Waals surface area contributed by atoms with Crippen molar-refractivity contribution in [1.29, 1.82) is 0 Å². The van der Waals surface area contributed by atoms with Crippen molar-refractivity contribution in [3.8, 4) is 11.5 Å². The molecule has 1 aliphatic carbocycles. The summed E-state index contributed by atoms with van der Waals surface area (Å²) in [5, 5.41) is 3.37. The summed E-state index contributed by atoms with van der Waals surface area (Å²) in [6, 6.07) is 21.9. The Morgan fingerprint density at radius 3 is 2.19 bits per heavy atom. The first-order valence-corrected chi connectivity index (χ1v) is 13.7. The Balaban J connectivity index is 1.52. The third kappa shape index (κ3) is 5.65. The minimum Gasteiger partial charge on any atom is -0.493 e. The van der Waals surface area contributed by atoms with Crippen molar-refractivity contribution in [1.82, 2.24) is 5.32 Å². The second-order valence-corrected chi connectivity index (χ2v) is 10.3. The molecule has 5 rings (SSSR count). The number of rotatable bonds is 8. The Morgan fingerprint density at radius 2 is 1.52 bits per heavy atom. The maximum Gasteiger partial charge on any atom is 0.337 e. The predicted octanol–water partition coefficient (Wildman–Crippen LogP) is 5.60. The summed E-state index contributed by atoms with van der Waals surface area (Å²) in [7, 11) is 4.49. The van der Waals surface area contributed by atoms with Gasteiger partial charge in [0.25, 0.3) is 0 Å². The van der Waals surface area contributed by atoms with Gasteiger partial charge in [-0.25, -0.2) is 9.59 Å². The number of hydrogen-bond donors (Lipinski definition) is 1. The molecule has 2 unspecified atom stereocenters. The highest BCUT2D eigenvalue weighted by Crippen LogP contribution is 2.46. The average Bonchev–Trinajstić information content (AvgIpc) is 3.02. The minimum atomic E-state index is -0.657. The number of ether oxygens (including phenoxy) is 4. The maximum absolute atomic E-state index is 13.9. The zero-order valence-electron chi connectivity index (χ0n) is 24.1. The molecule has 1 N–H and O–H groups in total. The molecule has 2 atom stereocenters. The summed E-state index contributed by atoms with van der Waals surface area (Å²) in [6.45, 7) is 1.93. The summed E-state index contributed by atoms with van der Waals surface area (Å²) in [6.07, 6.45) is 0.828. The molecule has 0 aromatic heterocycles. The highest BCUT2D eigenvalue weighted by molar-refractivity contribution is 6.04. The van der Waals surface area contributed by atoms with Crippen molar-refractivity contribution in [2.24, 2.45) is 0 Å². The SMILES string of the molecule is COC(=O)c1ccc(C2C(C(=O)OCc3ccccc3)=C(C)NC3=C2C(=O)CC(c2ccc(OC)c(OC)c2)C3)cc1. The normalized spacial score (nSPS) is 18.1. The molecule has 0 saturated heterocycles. The summed E-state index contributed by atoms with van der Waals surface area (Å²) < 4.78 is 21.5. The van der Waals surface area contributed by atoms with E-state index in [4.69, 9.17) is 18.9 Å². The molecule has 0 fully saturated rings. The van der Waals surface area contributed by atoms with Crippen molar-refractivity contribution in [3.63, 3.8) is 0 Å². The van der Waals surface area contributed by atoms with Crippen LogP contribution in [0.3, 0.4) is 0 Å². The first-order valence-electron chi connectivity index (χ1n) is 13.7. The molecule has 8 nitrogen and oxygen atoms in total. The molecular weight excluding hydrogens is 534 g/mol. The largest absolute Gasteiger partial charge is 0.493 e. The third-order valence-electron chi connectivity index (χ3n) is 7.80. The lowest BCUT2D eigenvalue weighted by Gasteiger charge is -2.36. The molecule has 1 aliphatic heterocycles. The second kappa shape index (κ2) is 12.3. The van der Waals surface area contributed by atoms with Gasteiger partial charge in [-0.1, -0.05) is 48.5 Å². The van der Waals surface area contributed by atoms with Crippen LogP contribution in [-0.2, 0) is 25.7 Å². The zero-order chi connectivity index (χ0) is 29.8. The molecule has 0 bridgehead atoms. The summed E-state index contributed by atoms with van der Waals surface area (Å²) in [4.78, 5) is 39.7. The van der Waals surface area contributed by atoms with Gasteiger partial charge in [-0.3, -0.25) is 4.79 Å².